The van der Waals surface area contributed by atoms with Gasteiger partial charge in [0, 0.05) is 17.9 Å². The molecule has 1 N–H and O–H groups in total. The molecule has 0 aromatic carbocycles. The van der Waals surface area contributed by atoms with Gasteiger partial charge in [-0.2, -0.15) is 5.10 Å². The van der Waals surface area contributed by atoms with Crippen molar-refractivity contribution < 1.29 is 0 Å². The maximum absolute atomic E-state index is 4.45. The summed E-state index contributed by atoms with van der Waals surface area (Å²) in [5.41, 5.74) is 2.25. The minimum absolute atomic E-state index is 0.294. The van der Waals surface area contributed by atoms with Crippen LogP contribution in [-0.4, -0.2) is 20.8 Å². The summed E-state index contributed by atoms with van der Waals surface area (Å²) in [7, 11) is 0. The topological polar surface area (TPSA) is 42.7 Å². The molecule has 4 nitrogen and oxygen atoms in total. The SMILES string of the molecule is Cc1cc(C)n(C[C@H](C)Nc2ccccn2)n1. The highest BCUT2D eigenvalue weighted by Crippen LogP contribution is 2.07. The summed E-state index contributed by atoms with van der Waals surface area (Å²) in [5, 5.41) is 7.80. The first-order chi connectivity index (χ1) is 8.15. The van der Waals surface area contributed by atoms with Crippen molar-refractivity contribution >= 4 is 5.82 Å². The van der Waals surface area contributed by atoms with Crippen molar-refractivity contribution in [3.63, 3.8) is 0 Å². The molecule has 4 heteroatoms. The first-order valence-corrected chi connectivity index (χ1v) is 5.84. The van der Waals surface area contributed by atoms with E-state index in [1.54, 1.807) is 6.20 Å². The number of aryl methyl sites for hydroxylation is 2. The summed E-state index contributed by atoms with van der Waals surface area (Å²) in [5.74, 6) is 0.904. The molecule has 0 saturated carbocycles. The highest BCUT2D eigenvalue weighted by molar-refractivity contribution is 5.34. The normalized spacial score (nSPS) is 12.4. The maximum Gasteiger partial charge on any atom is 0.126 e. The van der Waals surface area contributed by atoms with Gasteiger partial charge in [-0.25, -0.2) is 4.98 Å². The van der Waals surface area contributed by atoms with Gasteiger partial charge in [0.25, 0.3) is 0 Å². The fraction of sp³-hybridized carbons (Fsp3) is 0.385. The molecule has 1 atom stereocenters. The van der Waals surface area contributed by atoms with Crippen LogP contribution in [-0.2, 0) is 6.54 Å². The van der Waals surface area contributed by atoms with Gasteiger partial charge < -0.3 is 5.32 Å². The van der Waals surface area contributed by atoms with E-state index in [1.807, 2.05) is 29.8 Å². The van der Waals surface area contributed by atoms with Crippen molar-refractivity contribution in [3.05, 3.63) is 41.9 Å². The van der Waals surface area contributed by atoms with Gasteiger partial charge in [0.2, 0.25) is 0 Å². The van der Waals surface area contributed by atoms with E-state index in [4.69, 9.17) is 0 Å². The molecule has 2 aromatic heterocycles. The molecular weight excluding hydrogens is 212 g/mol. The molecule has 0 aliphatic carbocycles. The monoisotopic (exact) mass is 230 g/mol. The maximum atomic E-state index is 4.45. The van der Waals surface area contributed by atoms with E-state index in [0.29, 0.717) is 6.04 Å². The molecule has 0 radical (unpaired) electrons. The van der Waals surface area contributed by atoms with Gasteiger partial charge in [-0.3, -0.25) is 4.68 Å². The van der Waals surface area contributed by atoms with Crippen LogP contribution in [0.25, 0.3) is 0 Å². The Morgan fingerprint density at radius 3 is 2.76 bits per heavy atom. The molecule has 0 aliphatic heterocycles. The van der Waals surface area contributed by atoms with Crippen molar-refractivity contribution in [1.29, 1.82) is 0 Å². The Hall–Kier alpha value is -1.84. The Kier molecular flexibility index (Phi) is 3.42. The highest BCUT2D eigenvalue weighted by Gasteiger charge is 2.06. The van der Waals surface area contributed by atoms with E-state index >= 15 is 0 Å². The summed E-state index contributed by atoms with van der Waals surface area (Å²) in [6.07, 6.45) is 1.79. The van der Waals surface area contributed by atoms with E-state index in [0.717, 1.165) is 18.1 Å². The number of rotatable bonds is 4. The summed E-state index contributed by atoms with van der Waals surface area (Å²) in [6, 6.07) is 8.25. The Morgan fingerprint density at radius 1 is 1.35 bits per heavy atom. The molecule has 2 rings (SSSR count). The number of nitrogens with zero attached hydrogens (tertiary/aromatic N) is 3. The van der Waals surface area contributed by atoms with Crippen molar-refractivity contribution in [2.45, 2.75) is 33.4 Å². The molecule has 0 aliphatic rings. The lowest BCUT2D eigenvalue weighted by Crippen LogP contribution is -2.23. The zero-order valence-electron chi connectivity index (χ0n) is 10.5. The van der Waals surface area contributed by atoms with Gasteiger partial charge in [0.15, 0.2) is 0 Å². The average Bonchev–Trinajstić information content (AvgIpc) is 2.58. The van der Waals surface area contributed by atoms with Gasteiger partial charge >= 0.3 is 0 Å². The lowest BCUT2D eigenvalue weighted by molar-refractivity contribution is 0.544. The van der Waals surface area contributed by atoms with Crippen molar-refractivity contribution in [3.8, 4) is 0 Å². The summed E-state index contributed by atoms with van der Waals surface area (Å²) in [6.45, 7) is 7.06. The van der Waals surface area contributed by atoms with E-state index in [2.05, 4.69) is 35.3 Å². The molecule has 0 amide bonds. The summed E-state index contributed by atoms with van der Waals surface area (Å²) in [4.78, 5) is 4.25. The predicted octanol–water partition coefficient (Wildman–Crippen LogP) is 2.40. The number of hydrogen-bond donors (Lipinski definition) is 1. The molecular formula is C13H18N4. The molecule has 0 saturated heterocycles. The van der Waals surface area contributed by atoms with Crippen molar-refractivity contribution in [2.75, 3.05) is 5.32 Å². The Bertz CT molecular complexity index is 475. The number of anilines is 1. The van der Waals surface area contributed by atoms with Gasteiger partial charge in [0.1, 0.15) is 5.82 Å². The second kappa shape index (κ2) is 4.99. The molecule has 0 spiro atoms. The third-order valence-corrected chi connectivity index (χ3v) is 2.61. The van der Waals surface area contributed by atoms with Crippen LogP contribution in [0.5, 0.6) is 0 Å². The van der Waals surface area contributed by atoms with Crippen LogP contribution >= 0.6 is 0 Å². The second-order valence-corrected chi connectivity index (χ2v) is 4.37. The standard InChI is InChI=1S/C13H18N4/c1-10-8-12(3)17(16-10)9-11(2)15-13-6-4-5-7-14-13/h4-8,11H,9H2,1-3H3,(H,14,15)/t11-/m0/s1. The van der Waals surface area contributed by atoms with Crippen LogP contribution in [0.15, 0.2) is 30.5 Å². The Labute approximate surface area is 102 Å². The van der Waals surface area contributed by atoms with E-state index < -0.39 is 0 Å². The first-order valence-electron chi connectivity index (χ1n) is 5.84. The minimum atomic E-state index is 0.294. The third-order valence-electron chi connectivity index (χ3n) is 2.61. The van der Waals surface area contributed by atoms with Crippen LogP contribution < -0.4 is 5.32 Å². The van der Waals surface area contributed by atoms with Gasteiger partial charge in [-0.05, 0) is 39.0 Å². The van der Waals surface area contributed by atoms with Gasteiger partial charge in [-0.15, -0.1) is 0 Å². The zero-order chi connectivity index (χ0) is 12.3. The summed E-state index contributed by atoms with van der Waals surface area (Å²) < 4.78 is 2.02. The molecule has 0 bridgehead atoms. The molecule has 0 unspecified atom stereocenters. The number of aromatic nitrogens is 3. The molecule has 90 valence electrons. The quantitative estimate of drug-likeness (QED) is 0.877. The van der Waals surface area contributed by atoms with Crippen LogP contribution in [0.1, 0.15) is 18.3 Å². The van der Waals surface area contributed by atoms with Gasteiger partial charge in [-0.1, -0.05) is 6.07 Å². The average molecular weight is 230 g/mol. The molecule has 0 fully saturated rings. The minimum Gasteiger partial charge on any atom is -0.366 e. The third kappa shape index (κ3) is 3.06. The van der Waals surface area contributed by atoms with E-state index in [-0.39, 0.29) is 0 Å². The fourth-order valence-electron chi connectivity index (χ4n) is 1.87. The molecule has 2 aromatic rings. The van der Waals surface area contributed by atoms with Gasteiger partial charge in [0.05, 0.1) is 12.2 Å². The van der Waals surface area contributed by atoms with Crippen LogP contribution in [0, 0.1) is 13.8 Å². The summed E-state index contributed by atoms with van der Waals surface area (Å²) >= 11 is 0. The largest absolute Gasteiger partial charge is 0.366 e. The molecule has 17 heavy (non-hydrogen) atoms. The van der Waals surface area contributed by atoms with Crippen molar-refractivity contribution in [1.82, 2.24) is 14.8 Å². The number of hydrogen-bond acceptors (Lipinski definition) is 3. The highest BCUT2D eigenvalue weighted by atomic mass is 15.3. The smallest absolute Gasteiger partial charge is 0.126 e. The Morgan fingerprint density at radius 2 is 2.18 bits per heavy atom. The zero-order valence-corrected chi connectivity index (χ0v) is 10.5. The second-order valence-electron chi connectivity index (χ2n) is 4.37. The predicted molar refractivity (Wildman–Crippen MR) is 69.0 cm³/mol. The van der Waals surface area contributed by atoms with Crippen LogP contribution in [0.2, 0.25) is 0 Å². The van der Waals surface area contributed by atoms with Crippen LogP contribution in [0.3, 0.4) is 0 Å². The van der Waals surface area contributed by atoms with Crippen molar-refractivity contribution in [2.24, 2.45) is 0 Å². The van der Waals surface area contributed by atoms with E-state index in [1.165, 1.54) is 5.69 Å². The molecule has 2 heterocycles. The lowest BCUT2D eigenvalue weighted by Gasteiger charge is -2.15. The Balaban J connectivity index is 1.98. The lowest BCUT2D eigenvalue weighted by atomic mass is 10.3. The van der Waals surface area contributed by atoms with E-state index in [9.17, 15) is 0 Å². The first kappa shape index (κ1) is 11.6. The number of pyridine rings is 1. The van der Waals surface area contributed by atoms with Crippen LogP contribution in [0.4, 0.5) is 5.82 Å². The fourth-order valence-corrected chi connectivity index (χ4v) is 1.87. The number of nitrogens with one attached hydrogen (secondary N) is 1.